The smallest absolute Gasteiger partial charge is 0.126 e. The van der Waals surface area contributed by atoms with Crippen LogP contribution in [0.15, 0.2) is 18.2 Å². The molecule has 2 N–H and O–H groups in total. The lowest BCUT2D eigenvalue weighted by molar-refractivity contribution is 0.117. The molecule has 0 bridgehead atoms. The first-order chi connectivity index (χ1) is 10.1. The second kappa shape index (κ2) is 7.82. The molecule has 118 valence electrons. The van der Waals surface area contributed by atoms with Gasteiger partial charge in [0.15, 0.2) is 0 Å². The van der Waals surface area contributed by atoms with Gasteiger partial charge in [0.2, 0.25) is 0 Å². The third kappa shape index (κ3) is 4.73. The van der Waals surface area contributed by atoms with Gasteiger partial charge in [0.1, 0.15) is 11.6 Å². The van der Waals surface area contributed by atoms with Gasteiger partial charge < -0.3 is 15.3 Å². The van der Waals surface area contributed by atoms with Crippen LogP contribution < -0.4 is 5.32 Å². The van der Waals surface area contributed by atoms with E-state index in [1.54, 1.807) is 7.05 Å². The summed E-state index contributed by atoms with van der Waals surface area (Å²) in [5, 5.41) is 12.4. The average Bonchev–Trinajstić information content (AvgIpc) is 2.47. The first kappa shape index (κ1) is 16.3. The van der Waals surface area contributed by atoms with Crippen molar-refractivity contribution in [1.29, 1.82) is 0 Å². The van der Waals surface area contributed by atoms with Crippen molar-refractivity contribution in [2.75, 3.05) is 33.3 Å². The minimum atomic E-state index is -0.538. The van der Waals surface area contributed by atoms with E-state index >= 15 is 0 Å². The fraction of sp³-hybridized carbons (Fsp3) is 0.625. The fourth-order valence-corrected chi connectivity index (χ4v) is 3.07. The van der Waals surface area contributed by atoms with Crippen molar-refractivity contribution in [2.24, 2.45) is 5.92 Å². The van der Waals surface area contributed by atoms with E-state index in [-0.39, 0.29) is 12.6 Å². The molecular formula is C16H24F2N2O. The van der Waals surface area contributed by atoms with Gasteiger partial charge in [-0.15, -0.1) is 0 Å². The fourth-order valence-electron chi connectivity index (χ4n) is 3.07. The molecule has 0 spiro atoms. The summed E-state index contributed by atoms with van der Waals surface area (Å²) in [4.78, 5) is 2.32. The Hall–Kier alpha value is -1.04. The molecule has 5 heteroatoms. The van der Waals surface area contributed by atoms with Crippen molar-refractivity contribution in [3.63, 3.8) is 0 Å². The predicted molar refractivity (Wildman–Crippen MR) is 79.0 cm³/mol. The van der Waals surface area contributed by atoms with E-state index in [1.165, 1.54) is 12.1 Å². The van der Waals surface area contributed by atoms with Gasteiger partial charge in [-0.25, -0.2) is 8.78 Å². The molecule has 0 saturated carbocycles. The lowest BCUT2D eigenvalue weighted by Crippen LogP contribution is -2.38. The molecule has 0 amide bonds. The van der Waals surface area contributed by atoms with Crippen molar-refractivity contribution in [3.8, 4) is 0 Å². The van der Waals surface area contributed by atoms with E-state index < -0.39 is 11.6 Å². The van der Waals surface area contributed by atoms with Crippen LogP contribution >= 0.6 is 0 Å². The molecule has 0 aromatic heterocycles. The Labute approximate surface area is 125 Å². The topological polar surface area (TPSA) is 35.5 Å². The third-order valence-corrected chi connectivity index (χ3v) is 4.23. The van der Waals surface area contributed by atoms with Gasteiger partial charge in [0.25, 0.3) is 0 Å². The van der Waals surface area contributed by atoms with Crippen LogP contribution in [-0.2, 0) is 0 Å². The minimum Gasteiger partial charge on any atom is -0.396 e. The molecule has 1 aliphatic rings. The zero-order valence-corrected chi connectivity index (χ0v) is 12.5. The monoisotopic (exact) mass is 298 g/mol. The van der Waals surface area contributed by atoms with Crippen molar-refractivity contribution >= 4 is 0 Å². The highest BCUT2D eigenvalue weighted by atomic mass is 19.1. The maximum Gasteiger partial charge on any atom is 0.126 e. The summed E-state index contributed by atoms with van der Waals surface area (Å²) in [6, 6.07) is 3.60. The summed E-state index contributed by atoms with van der Waals surface area (Å²) < 4.78 is 26.6. The number of hydrogen-bond donors (Lipinski definition) is 2. The standard InChI is InChI=1S/C16H24F2N2O/c1-19-16(13-7-14(17)9-15(18)8-13)4-6-20-5-2-3-12(10-20)11-21/h7-9,12,16,19,21H,2-6,10-11H2,1H3. The lowest BCUT2D eigenvalue weighted by atomic mass is 9.97. The van der Waals surface area contributed by atoms with Crippen molar-refractivity contribution < 1.29 is 13.9 Å². The number of aliphatic hydroxyl groups is 1. The third-order valence-electron chi connectivity index (χ3n) is 4.23. The van der Waals surface area contributed by atoms with E-state index in [1.807, 2.05) is 0 Å². The van der Waals surface area contributed by atoms with Gasteiger partial charge in [-0.2, -0.15) is 0 Å². The number of likely N-dealkylation sites (tertiary alicyclic amines) is 1. The molecule has 0 radical (unpaired) electrons. The number of rotatable bonds is 6. The Morgan fingerprint density at radius 3 is 2.67 bits per heavy atom. The summed E-state index contributed by atoms with van der Waals surface area (Å²) in [6.45, 7) is 3.04. The van der Waals surface area contributed by atoms with Crippen LogP contribution in [0.4, 0.5) is 8.78 Å². The summed E-state index contributed by atoms with van der Waals surface area (Å²) in [7, 11) is 1.81. The molecule has 1 fully saturated rings. The highest BCUT2D eigenvalue weighted by Gasteiger charge is 2.20. The normalized spacial score (nSPS) is 21.4. The molecule has 1 saturated heterocycles. The number of nitrogens with one attached hydrogen (secondary N) is 1. The molecule has 1 aromatic rings. The summed E-state index contributed by atoms with van der Waals surface area (Å²) >= 11 is 0. The zero-order chi connectivity index (χ0) is 15.2. The maximum atomic E-state index is 13.3. The molecule has 2 atom stereocenters. The second-order valence-corrected chi connectivity index (χ2v) is 5.82. The molecule has 1 aromatic carbocycles. The van der Waals surface area contributed by atoms with Gasteiger partial charge in [-0.1, -0.05) is 0 Å². The van der Waals surface area contributed by atoms with E-state index in [4.69, 9.17) is 0 Å². The Morgan fingerprint density at radius 1 is 1.33 bits per heavy atom. The van der Waals surface area contributed by atoms with Crippen LogP contribution in [0.1, 0.15) is 30.9 Å². The Kier molecular flexibility index (Phi) is 6.08. The molecule has 3 nitrogen and oxygen atoms in total. The molecule has 1 heterocycles. The lowest BCUT2D eigenvalue weighted by Gasteiger charge is -2.32. The van der Waals surface area contributed by atoms with E-state index in [0.29, 0.717) is 11.5 Å². The molecular weight excluding hydrogens is 274 g/mol. The van der Waals surface area contributed by atoms with Crippen LogP contribution in [0.25, 0.3) is 0 Å². The highest BCUT2D eigenvalue weighted by molar-refractivity contribution is 5.21. The number of benzene rings is 1. The van der Waals surface area contributed by atoms with Gasteiger partial charge in [0.05, 0.1) is 0 Å². The van der Waals surface area contributed by atoms with Crippen LogP contribution in [0, 0.1) is 17.6 Å². The second-order valence-electron chi connectivity index (χ2n) is 5.82. The number of piperidine rings is 1. The SMILES string of the molecule is CNC(CCN1CCCC(CO)C1)c1cc(F)cc(F)c1. The van der Waals surface area contributed by atoms with Gasteiger partial charge in [-0.3, -0.25) is 0 Å². The van der Waals surface area contributed by atoms with Crippen LogP contribution in [-0.4, -0.2) is 43.3 Å². The summed E-state index contributed by atoms with van der Waals surface area (Å²) in [5.41, 5.74) is 0.644. The quantitative estimate of drug-likeness (QED) is 0.846. The van der Waals surface area contributed by atoms with Gasteiger partial charge in [0, 0.05) is 25.3 Å². The minimum absolute atomic E-state index is 0.0651. The average molecular weight is 298 g/mol. The van der Waals surface area contributed by atoms with E-state index in [0.717, 1.165) is 45.0 Å². The molecule has 2 rings (SSSR count). The number of nitrogens with zero attached hydrogens (tertiary/aromatic N) is 1. The molecule has 1 aliphatic heterocycles. The first-order valence-electron chi connectivity index (χ1n) is 7.59. The Bertz CT molecular complexity index is 436. The maximum absolute atomic E-state index is 13.3. The van der Waals surface area contributed by atoms with Crippen LogP contribution in [0.5, 0.6) is 0 Å². The number of halogens is 2. The zero-order valence-electron chi connectivity index (χ0n) is 12.5. The van der Waals surface area contributed by atoms with Gasteiger partial charge in [-0.05, 0) is 63.0 Å². The highest BCUT2D eigenvalue weighted by Crippen LogP contribution is 2.21. The number of aliphatic hydroxyl groups excluding tert-OH is 1. The van der Waals surface area contributed by atoms with E-state index in [9.17, 15) is 13.9 Å². The van der Waals surface area contributed by atoms with Crippen LogP contribution in [0.3, 0.4) is 0 Å². The summed E-state index contributed by atoms with van der Waals surface area (Å²) in [6.07, 6.45) is 2.97. The largest absolute Gasteiger partial charge is 0.396 e. The predicted octanol–water partition coefficient (Wildman–Crippen LogP) is 2.32. The molecule has 2 unspecified atom stereocenters. The first-order valence-corrected chi connectivity index (χ1v) is 7.59. The Morgan fingerprint density at radius 2 is 2.05 bits per heavy atom. The number of hydrogen-bond acceptors (Lipinski definition) is 3. The van der Waals surface area contributed by atoms with Crippen molar-refractivity contribution in [1.82, 2.24) is 10.2 Å². The molecule has 21 heavy (non-hydrogen) atoms. The van der Waals surface area contributed by atoms with Crippen LogP contribution in [0.2, 0.25) is 0 Å². The van der Waals surface area contributed by atoms with Crippen molar-refractivity contribution in [3.05, 3.63) is 35.4 Å². The summed E-state index contributed by atoms with van der Waals surface area (Å²) in [5.74, 6) is -0.717. The molecule has 0 aliphatic carbocycles. The Balaban J connectivity index is 1.93. The van der Waals surface area contributed by atoms with E-state index in [2.05, 4.69) is 10.2 Å². The van der Waals surface area contributed by atoms with Gasteiger partial charge >= 0.3 is 0 Å². The van der Waals surface area contributed by atoms with Crippen molar-refractivity contribution in [2.45, 2.75) is 25.3 Å².